The number of carboxylic acid groups (broad SMARTS) is 1. The van der Waals surface area contributed by atoms with Crippen LogP contribution in [0.2, 0.25) is 0 Å². The fraction of sp³-hybridized carbons (Fsp3) is 0.412. The summed E-state index contributed by atoms with van der Waals surface area (Å²) >= 11 is 0. The molecular weight excluding hydrogens is 266 g/mol. The first-order valence-electron chi connectivity index (χ1n) is 6.99. The molecule has 112 valence electrons. The van der Waals surface area contributed by atoms with E-state index < -0.39 is 5.97 Å². The Balaban J connectivity index is 2.46. The molecule has 0 atom stereocenters. The van der Waals surface area contributed by atoms with E-state index in [2.05, 4.69) is 6.07 Å². The number of nitriles is 1. The topological polar surface area (TPSA) is 70.3 Å². The molecule has 0 radical (unpaired) electrons. The molecule has 0 amide bonds. The molecule has 1 N–H and O–H groups in total. The Morgan fingerprint density at radius 1 is 1.38 bits per heavy atom. The summed E-state index contributed by atoms with van der Waals surface area (Å²) in [6.45, 7) is 4.42. The van der Waals surface area contributed by atoms with Gasteiger partial charge in [-0.15, -0.1) is 0 Å². The summed E-state index contributed by atoms with van der Waals surface area (Å²) in [4.78, 5) is 10.6. The molecule has 0 fully saturated rings. The van der Waals surface area contributed by atoms with Crippen molar-refractivity contribution in [3.8, 4) is 11.8 Å². The van der Waals surface area contributed by atoms with Gasteiger partial charge < -0.3 is 9.84 Å². The van der Waals surface area contributed by atoms with Crippen molar-refractivity contribution in [2.24, 2.45) is 5.41 Å². The summed E-state index contributed by atoms with van der Waals surface area (Å²) in [6, 6.07) is 9.60. The molecule has 0 spiro atoms. The van der Waals surface area contributed by atoms with Crippen molar-refractivity contribution >= 4 is 12.0 Å². The Bertz CT molecular complexity index is 541. The number of hydrogen-bond acceptors (Lipinski definition) is 3. The van der Waals surface area contributed by atoms with Gasteiger partial charge in [0.15, 0.2) is 0 Å². The fourth-order valence-electron chi connectivity index (χ4n) is 1.82. The normalized spacial score (nSPS) is 11.3. The van der Waals surface area contributed by atoms with Gasteiger partial charge in [-0.05, 0) is 45.3 Å². The lowest BCUT2D eigenvalue weighted by molar-refractivity contribution is -0.131. The number of unbranched alkanes of at least 4 members (excludes halogenated alkanes) is 1. The lowest BCUT2D eigenvalue weighted by Crippen LogP contribution is -2.08. The molecule has 0 aromatic heterocycles. The minimum Gasteiger partial charge on any atom is -0.493 e. The molecule has 0 saturated heterocycles. The SMILES string of the molecule is CC(C)(C#N)CCCCOc1ccccc1/C=C/C(=O)O. The maximum atomic E-state index is 10.6. The van der Waals surface area contributed by atoms with Gasteiger partial charge in [0.2, 0.25) is 0 Å². The van der Waals surface area contributed by atoms with E-state index in [9.17, 15) is 4.79 Å². The number of nitrogens with zero attached hydrogens (tertiary/aromatic N) is 1. The quantitative estimate of drug-likeness (QED) is 0.581. The number of carbonyl (C=O) groups is 1. The second kappa shape index (κ2) is 8.11. The van der Waals surface area contributed by atoms with Crippen LogP contribution >= 0.6 is 0 Å². The average Bonchev–Trinajstić information content (AvgIpc) is 2.45. The Kier molecular flexibility index (Phi) is 6.48. The lowest BCUT2D eigenvalue weighted by atomic mass is 9.89. The Labute approximate surface area is 125 Å². The molecule has 4 nitrogen and oxygen atoms in total. The van der Waals surface area contributed by atoms with Crippen molar-refractivity contribution in [3.63, 3.8) is 0 Å². The third-order valence-electron chi connectivity index (χ3n) is 3.08. The van der Waals surface area contributed by atoms with E-state index in [0.717, 1.165) is 30.9 Å². The number of para-hydroxylation sites is 1. The second-order valence-electron chi connectivity index (χ2n) is 5.51. The smallest absolute Gasteiger partial charge is 0.328 e. The van der Waals surface area contributed by atoms with E-state index in [0.29, 0.717) is 12.4 Å². The van der Waals surface area contributed by atoms with E-state index >= 15 is 0 Å². The van der Waals surface area contributed by atoms with Crippen LogP contribution in [0.4, 0.5) is 0 Å². The molecule has 0 bridgehead atoms. The molecular formula is C17H21NO3. The average molecular weight is 287 g/mol. The van der Waals surface area contributed by atoms with Crippen LogP contribution in [0.5, 0.6) is 5.75 Å². The first kappa shape index (κ1) is 16.8. The predicted octanol–water partition coefficient (Wildman–Crippen LogP) is 3.88. The van der Waals surface area contributed by atoms with Crippen molar-refractivity contribution in [1.29, 1.82) is 5.26 Å². The van der Waals surface area contributed by atoms with Crippen LogP contribution in [-0.2, 0) is 4.79 Å². The largest absolute Gasteiger partial charge is 0.493 e. The van der Waals surface area contributed by atoms with Gasteiger partial charge in [-0.25, -0.2) is 4.79 Å². The number of aliphatic carboxylic acids is 1. The standard InChI is InChI=1S/C17H21NO3/c1-17(2,13-18)11-5-6-12-21-15-8-4-3-7-14(15)9-10-16(19)20/h3-4,7-10H,5-6,11-12H2,1-2H3,(H,19,20)/b10-9+. The molecule has 0 unspecified atom stereocenters. The van der Waals surface area contributed by atoms with Gasteiger partial charge in [0.25, 0.3) is 0 Å². The first-order valence-corrected chi connectivity index (χ1v) is 6.99. The van der Waals surface area contributed by atoms with Crippen LogP contribution in [0.3, 0.4) is 0 Å². The van der Waals surface area contributed by atoms with E-state index in [4.69, 9.17) is 15.1 Å². The molecule has 0 aliphatic carbocycles. The van der Waals surface area contributed by atoms with Gasteiger partial charge >= 0.3 is 5.97 Å². The van der Waals surface area contributed by atoms with Crippen LogP contribution in [0.1, 0.15) is 38.7 Å². The fourth-order valence-corrected chi connectivity index (χ4v) is 1.82. The van der Waals surface area contributed by atoms with Gasteiger partial charge in [0.1, 0.15) is 5.75 Å². The van der Waals surface area contributed by atoms with Gasteiger partial charge in [-0.2, -0.15) is 5.26 Å². The highest BCUT2D eigenvalue weighted by Crippen LogP contribution is 2.23. The monoisotopic (exact) mass is 287 g/mol. The van der Waals surface area contributed by atoms with Crippen LogP contribution in [0.15, 0.2) is 30.3 Å². The molecule has 0 heterocycles. The van der Waals surface area contributed by atoms with Crippen molar-refractivity contribution < 1.29 is 14.6 Å². The lowest BCUT2D eigenvalue weighted by Gasteiger charge is -2.14. The molecule has 0 aliphatic rings. The number of rotatable bonds is 8. The molecule has 1 aromatic rings. The molecule has 1 rings (SSSR count). The maximum Gasteiger partial charge on any atom is 0.328 e. The van der Waals surface area contributed by atoms with E-state index in [1.807, 2.05) is 38.1 Å². The minimum atomic E-state index is -0.983. The van der Waals surface area contributed by atoms with Gasteiger partial charge in [-0.3, -0.25) is 0 Å². The highest BCUT2D eigenvalue weighted by molar-refractivity contribution is 5.85. The first-order chi connectivity index (χ1) is 9.94. The Hall–Kier alpha value is -2.28. The molecule has 1 aromatic carbocycles. The zero-order chi connectivity index (χ0) is 15.7. The van der Waals surface area contributed by atoms with E-state index in [1.165, 1.54) is 6.08 Å². The Morgan fingerprint density at radius 2 is 2.10 bits per heavy atom. The van der Waals surface area contributed by atoms with Gasteiger partial charge in [-0.1, -0.05) is 18.2 Å². The third-order valence-corrected chi connectivity index (χ3v) is 3.08. The van der Waals surface area contributed by atoms with E-state index in [1.54, 1.807) is 0 Å². The van der Waals surface area contributed by atoms with Gasteiger partial charge in [0.05, 0.1) is 18.1 Å². The Morgan fingerprint density at radius 3 is 2.76 bits per heavy atom. The summed E-state index contributed by atoms with van der Waals surface area (Å²) in [5, 5.41) is 17.6. The number of ether oxygens (including phenoxy) is 1. The molecule has 0 saturated carbocycles. The van der Waals surface area contributed by atoms with Crippen LogP contribution in [0.25, 0.3) is 6.08 Å². The summed E-state index contributed by atoms with van der Waals surface area (Å²) in [5.74, 6) is -0.307. The van der Waals surface area contributed by atoms with Crippen molar-refractivity contribution in [1.82, 2.24) is 0 Å². The number of hydrogen-bond donors (Lipinski definition) is 1. The predicted molar refractivity (Wildman–Crippen MR) is 81.9 cm³/mol. The van der Waals surface area contributed by atoms with Crippen LogP contribution in [-0.4, -0.2) is 17.7 Å². The highest BCUT2D eigenvalue weighted by Gasteiger charge is 2.15. The number of carboxylic acids is 1. The van der Waals surface area contributed by atoms with E-state index in [-0.39, 0.29) is 5.41 Å². The highest BCUT2D eigenvalue weighted by atomic mass is 16.5. The summed E-state index contributed by atoms with van der Waals surface area (Å²) in [5.41, 5.74) is 0.458. The molecule has 0 aliphatic heterocycles. The summed E-state index contributed by atoms with van der Waals surface area (Å²) in [7, 11) is 0. The summed E-state index contributed by atoms with van der Waals surface area (Å²) in [6.07, 6.45) is 5.25. The van der Waals surface area contributed by atoms with Crippen LogP contribution < -0.4 is 4.74 Å². The minimum absolute atomic E-state index is 0.290. The maximum absolute atomic E-state index is 10.6. The van der Waals surface area contributed by atoms with Crippen molar-refractivity contribution in [3.05, 3.63) is 35.9 Å². The summed E-state index contributed by atoms with van der Waals surface area (Å²) < 4.78 is 5.69. The second-order valence-corrected chi connectivity index (χ2v) is 5.51. The third kappa shape index (κ3) is 6.62. The number of benzene rings is 1. The zero-order valence-corrected chi connectivity index (χ0v) is 12.5. The molecule has 4 heteroatoms. The van der Waals surface area contributed by atoms with Crippen molar-refractivity contribution in [2.45, 2.75) is 33.1 Å². The molecule has 21 heavy (non-hydrogen) atoms. The van der Waals surface area contributed by atoms with Crippen LogP contribution in [0, 0.1) is 16.7 Å². The van der Waals surface area contributed by atoms with Gasteiger partial charge in [0, 0.05) is 11.6 Å². The van der Waals surface area contributed by atoms with Crippen molar-refractivity contribution in [2.75, 3.05) is 6.61 Å². The zero-order valence-electron chi connectivity index (χ0n) is 12.5.